The predicted molar refractivity (Wildman–Crippen MR) is 92.4 cm³/mol. The van der Waals surface area contributed by atoms with Crippen LogP contribution >= 0.6 is 15.9 Å². The molecule has 1 nitrogen and oxygen atoms in total. The second-order valence-electron chi connectivity index (χ2n) is 6.53. The molecule has 0 aromatic heterocycles. The van der Waals surface area contributed by atoms with Crippen molar-refractivity contribution >= 4 is 15.9 Å². The number of nitrogens with one attached hydrogen (secondary N) is 1. The predicted octanol–water partition coefficient (Wildman–Crippen LogP) is 5.35. The van der Waals surface area contributed by atoms with Gasteiger partial charge in [-0.3, -0.25) is 0 Å². The molecule has 2 aromatic rings. The molecule has 2 aromatic carbocycles. The largest absolute Gasteiger partial charge is 0.306 e. The molecular weight excluding hydrogens is 322 g/mol. The highest BCUT2D eigenvalue weighted by molar-refractivity contribution is 9.10. The van der Waals surface area contributed by atoms with E-state index in [0.29, 0.717) is 11.5 Å². The van der Waals surface area contributed by atoms with E-state index in [2.05, 4.69) is 83.6 Å². The first-order chi connectivity index (χ1) is 10.1. The van der Waals surface area contributed by atoms with E-state index in [4.69, 9.17) is 0 Å². The average molecular weight is 344 g/mol. The smallest absolute Gasteiger partial charge is 0.0326 e. The van der Waals surface area contributed by atoms with E-state index in [0.717, 1.165) is 6.54 Å². The van der Waals surface area contributed by atoms with Crippen LogP contribution in [0.15, 0.2) is 53.0 Å². The minimum absolute atomic E-state index is 0.294. The van der Waals surface area contributed by atoms with Crippen LogP contribution < -0.4 is 5.32 Å². The first kappa shape index (κ1) is 14.8. The summed E-state index contributed by atoms with van der Waals surface area (Å²) in [7, 11) is 0. The molecule has 0 fully saturated rings. The Bertz CT molecular complexity index is 633. The van der Waals surface area contributed by atoms with Crippen LogP contribution in [0.1, 0.15) is 49.4 Å². The summed E-state index contributed by atoms with van der Waals surface area (Å²) in [4.78, 5) is 0. The third-order valence-corrected chi connectivity index (χ3v) is 5.39. The molecule has 1 aliphatic carbocycles. The topological polar surface area (TPSA) is 12.0 Å². The van der Waals surface area contributed by atoms with Crippen molar-refractivity contribution < 1.29 is 0 Å². The van der Waals surface area contributed by atoms with Gasteiger partial charge in [-0.1, -0.05) is 72.2 Å². The summed E-state index contributed by atoms with van der Waals surface area (Å²) in [6.07, 6.45) is 2.44. The molecule has 1 unspecified atom stereocenters. The second kappa shape index (κ2) is 5.94. The van der Waals surface area contributed by atoms with E-state index in [9.17, 15) is 0 Å². The van der Waals surface area contributed by atoms with Crippen LogP contribution in [0.2, 0.25) is 0 Å². The Morgan fingerprint density at radius 3 is 2.62 bits per heavy atom. The zero-order chi connectivity index (χ0) is 14.9. The van der Waals surface area contributed by atoms with Gasteiger partial charge in [0.15, 0.2) is 0 Å². The van der Waals surface area contributed by atoms with Gasteiger partial charge in [0.1, 0.15) is 0 Å². The fourth-order valence-corrected chi connectivity index (χ4v) is 3.72. The highest BCUT2D eigenvalue weighted by Gasteiger charge is 2.31. The monoisotopic (exact) mass is 343 g/mol. The van der Waals surface area contributed by atoms with Crippen LogP contribution in [-0.4, -0.2) is 0 Å². The molecule has 1 atom stereocenters. The van der Waals surface area contributed by atoms with Crippen LogP contribution in [0.5, 0.6) is 0 Å². The third kappa shape index (κ3) is 3.07. The van der Waals surface area contributed by atoms with Gasteiger partial charge in [0, 0.05) is 17.1 Å². The molecule has 0 saturated carbocycles. The quantitative estimate of drug-likeness (QED) is 0.791. The lowest BCUT2D eigenvalue weighted by molar-refractivity contribution is 0.357. The number of fused-ring (bicyclic) bond motifs is 1. The number of rotatable bonds is 3. The molecule has 0 spiro atoms. The highest BCUT2D eigenvalue weighted by Crippen LogP contribution is 2.41. The zero-order valence-corrected chi connectivity index (χ0v) is 14.3. The van der Waals surface area contributed by atoms with Gasteiger partial charge in [-0.2, -0.15) is 0 Å². The lowest BCUT2D eigenvalue weighted by Gasteiger charge is -2.37. The fourth-order valence-electron chi connectivity index (χ4n) is 3.30. The molecule has 3 rings (SSSR count). The summed E-state index contributed by atoms with van der Waals surface area (Å²) in [6, 6.07) is 17.8. The van der Waals surface area contributed by atoms with Crippen molar-refractivity contribution in [1.29, 1.82) is 0 Å². The van der Waals surface area contributed by atoms with Crippen molar-refractivity contribution in [3.05, 3.63) is 69.7 Å². The van der Waals surface area contributed by atoms with Crippen molar-refractivity contribution in [2.75, 3.05) is 0 Å². The fraction of sp³-hybridized carbons (Fsp3) is 0.368. The first-order valence-corrected chi connectivity index (χ1v) is 8.43. The van der Waals surface area contributed by atoms with Crippen LogP contribution in [0.3, 0.4) is 0 Å². The molecule has 0 heterocycles. The molecule has 1 N–H and O–H groups in total. The second-order valence-corrected chi connectivity index (χ2v) is 7.39. The molecule has 2 heteroatoms. The molecular formula is C19H22BrN. The Morgan fingerprint density at radius 1 is 1.10 bits per heavy atom. The summed E-state index contributed by atoms with van der Waals surface area (Å²) in [5, 5.41) is 3.74. The van der Waals surface area contributed by atoms with E-state index < -0.39 is 0 Å². The van der Waals surface area contributed by atoms with Crippen LogP contribution in [0.4, 0.5) is 0 Å². The Kier molecular flexibility index (Phi) is 4.19. The number of halogens is 1. The Hall–Kier alpha value is -1.12. The van der Waals surface area contributed by atoms with E-state index >= 15 is 0 Å². The van der Waals surface area contributed by atoms with Crippen molar-refractivity contribution in [3.63, 3.8) is 0 Å². The van der Waals surface area contributed by atoms with Gasteiger partial charge in [-0.05, 0) is 41.0 Å². The van der Waals surface area contributed by atoms with Crippen LogP contribution in [0, 0.1) is 0 Å². The number of benzene rings is 2. The average Bonchev–Trinajstić information content (AvgIpc) is 2.48. The Morgan fingerprint density at radius 2 is 1.81 bits per heavy atom. The third-order valence-electron chi connectivity index (χ3n) is 4.62. The maximum Gasteiger partial charge on any atom is 0.0326 e. The lowest BCUT2D eigenvalue weighted by Crippen LogP contribution is -2.32. The van der Waals surface area contributed by atoms with Gasteiger partial charge in [-0.25, -0.2) is 0 Å². The summed E-state index contributed by atoms with van der Waals surface area (Å²) < 4.78 is 1.18. The van der Waals surface area contributed by atoms with Crippen molar-refractivity contribution in [1.82, 2.24) is 5.32 Å². The van der Waals surface area contributed by atoms with Crippen LogP contribution in [0.25, 0.3) is 0 Å². The number of hydrogen-bond acceptors (Lipinski definition) is 1. The number of hydrogen-bond donors (Lipinski definition) is 1. The minimum atomic E-state index is 0.294. The lowest BCUT2D eigenvalue weighted by atomic mass is 9.71. The minimum Gasteiger partial charge on any atom is -0.306 e. The van der Waals surface area contributed by atoms with Gasteiger partial charge in [0.25, 0.3) is 0 Å². The normalized spacial score (nSPS) is 20.0. The van der Waals surface area contributed by atoms with Crippen molar-refractivity contribution in [2.45, 2.75) is 44.7 Å². The Balaban J connectivity index is 1.80. The SMILES string of the molecule is CC1(C)CCC(NCc2ccccc2Br)c2ccccc21. The van der Waals surface area contributed by atoms with Crippen molar-refractivity contribution in [2.24, 2.45) is 0 Å². The standard InChI is InChI=1S/C19H22BrN/c1-19(2)12-11-18(15-8-4-5-9-16(15)19)21-13-14-7-3-6-10-17(14)20/h3-10,18,21H,11-13H2,1-2H3. The zero-order valence-electron chi connectivity index (χ0n) is 12.7. The van der Waals surface area contributed by atoms with Crippen LogP contribution in [-0.2, 0) is 12.0 Å². The van der Waals surface area contributed by atoms with Gasteiger partial charge < -0.3 is 5.32 Å². The molecule has 0 radical (unpaired) electrons. The maximum absolute atomic E-state index is 3.74. The first-order valence-electron chi connectivity index (χ1n) is 7.64. The summed E-state index contributed by atoms with van der Waals surface area (Å²) >= 11 is 3.63. The molecule has 1 aliphatic rings. The molecule has 0 aliphatic heterocycles. The van der Waals surface area contributed by atoms with Gasteiger partial charge in [-0.15, -0.1) is 0 Å². The highest BCUT2D eigenvalue weighted by atomic mass is 79.9. The van der Waals surface area contributed by atoms with E-state index in [-0.39, 0.29) is 0 Å². The van der Waals surface area contributed by atoms with Gasteiger partial charge >= 0.3 is 0 Å². The van der Waals surface area contributed by atoms with E-state index in [1.165, 1.54) is 34.0 Å². The molecule has 0 bridgehead atoms. The van der Waals surface area contributed by atoms with E-state index in [1.807, 2.05) is 0 Å². The summed E-state index contributed by atoms with van der Waals surface area (Å²) in [5.41, 5.74) is 4.59. The molecule has 0 amide bonds. The maximum atomic E-state index is 3.74. The Labute approximate surface area is 135 Å². The van der Waals surface area contributed by atoms with Gasteiger partial charge in [0.2, 0.25) is 0 Å². The molecule has 110 valence electrons. The van der Waals surface area contributed by atoms with E-state index in [1.54, 1.807) is 0 Å². The molecule has 21 heavy (non-hydrogen) atoms. The van der Waals surface area contributed by atoms with Crippen molar-refractivity contribution in [3.8, 4) is 0 Å². The molecule has 0 saturated heterocycles. The van der Waals surface area contributed by atoms with Gasteiger partial charge in [0.05, 0.1) is 0 Å². The summed E-state index contributed by atoms with van der Waals surface area (Å²) in [5.74, 6) is 0. The summed E-state index contributed by atoms with van der Waals surface area (Å²) in [6.45, 7) is 5.62.